The lowest BCUT2D eigenvalue weighted by atomic mass is 10.0. The summed E-state index contributed by atoms with van der Waals surface area (Å²) >= 11 is 0. The number of pyridine rings is 1. The third-order valence-corrected chi connectivity index (χ3v) is 4.63. The molecule has 2 aromatic rings. The molecule has 24 heavy (non-hydrogen) atoms. The van der Waals surface area contributed by atoms with E-state index in [1.54, 1.807) is 13.1 Å². The zero-order chi connectivity index (χ0) is 16.5. The zero-order valence-corrected chi connectivity index (χ0v) is 13.4. The highest BCUT2D eigenvalue weighted by Gasteiger charge is 2.48. The maximum atomic E-state index is 12.9. The molecule has 2 saturated heterocycles. The number of ether oxygens (including phenoxy) is 2. The number of aromatic nitrogens is 2. The summed E-state index contributed by atoms with van der Waals surface area (Å²) in [4.78, 5) is 18.9. The Balaban J connectivity index is 1.57. The first-order valence-electron chi connectivity index (χ1n) is 8.15. The van der Waals surface area contributed by atoms with Crippen LogP contribution in [0.4, 0.5) is 0 Å². The molecule has 0 saturated carbocycles. The summed E-state index contributed by atoms with van der Waals surface area (Å²) in [5.74, 6) is 0.995. The molecular weight excluding hydrogens is 310 g/mol. The Bertz CT molecular complexity index is 718. The summed E-state index contributed by atoms with van der Waals surface area (Å²) in [6.45, 7) is 2.90. The fourth-order valence-electron chi connectivity index (χ4n) is 3.48. The van der Waals surface area contributed by atoms with Gasteiger partial charge in [0, 0.05) is 18.9 Å². The molecule has 3 atom stereocenters. The van der Waals surface area contributed by atoms with Gasteiger partial charge < -0.3 is 18.9 Å². The summed E-state index contributed by atoms with van der Waals surface area (Å²) in [7, 11) is 0. The quantitative estimate of drug-likeness (QED) is 0.855. The summed E-state index contributed by atoms with van der Waals surface area (Å²) < 4.78 is 17.0. The molecule has 126 valence electrons. The van der Waals surface area contributed by atoms with Gasteiger partial charge in [0.2, 0.25) is 5.88 Å². The van der Waals surface area contributed by atoms with Gasteiger partial charge in [-0.25, -0.2) is 4.98 Å². The Labute approximate surface area is 139 Å². The second-order valence-electron chi connectivity index (χ2n) is 6.12. The molecule has 1 amide bonds. The van der Waals surface area contributed by atoms with Crippen molar-refractivity contribution in [1.82, 2.24) is 15.0 Å². The Kier molecular flexibility index (Phi) is 3.93. The lowest BCUT2D eigenvalue weighted by Crippen LogP contribution is -2.44. The Morgan fingerprint density at radius 3 is 3.08 bits per heavy atom. The number of likely N-dealkylation sites (tertiary alicyclic amines) is 1. The highest BCUT2D eigenvalue weighted by atomic mass is 16.5. The molecule has 2 aliphatic heterocycles. The predicted molar refractivity (Wildman–Crippen MR) is 83.7 cm³/mol. The van der Waals surface area contributed by atoms with Crippen molar-refractivity contribution in [3.63, 3.8) is 0 Å². The minimum Gasteiger partial charge on any atom is -0.470 e. The number of hydrogen-bond donors (Lipinski definition) is 0. The molecule has 0 spiro atoms. The van der Waals surface area contributed by atoms with E-state index in [1.165, 1.54) is 6.20 Å². The number of amides is 1. The monoisotopic (exact) mass is 329 g/mol. The van der Waals surface area contributed by atoms with E-state index in [9.17, 15) is 4.79 Å². The first kappa shape index (κ1) is 15.1. The molecule has 7 heteroatoms. The van der Waals surface area contributed by atoms with Crippen LogP contribution in [0.2, 0.25) is 0 Å². The second kappa shape index (κ2) is 6.24. The highest BCUT2D eigenvalue weighted by Crippen LogP contribution is 2.32. The first-order chi connectivity index (χ1) is 11.7. The van der Waals surface area contributed by atoms with E-state index in [2.05, 4.69) is 10.1 Å². The molecule has 7 nitrogen and oxygen atoms in total. The maximum Gasteiger partial charge on any atom is 0.259 e. The van der Waals surface area contributed by atoms with Crippen molar-refractivity contribution in [2.24, 2.45) is 0 Å². The highest BCUT2D eigenvalue weighted by molar-refractivity contribution is 5.95. The van der Waals surface area contributed by atoms with Gasteiger partial charge in [0.05, 0.1) is 18.8 Å². The maximum absolute atomic E-state index is 12.9. The van der Waals surface area contributed by atoms with Gasteiger partial charge in [-0.1, -0.05) is 11.2 Å². The zero-order valence-electron chi connectivity index (χ0n) is 13.4. The number of carbonyl (C=O) groups excluding carboxylic acids is 1. The molecule has 0 bridgehead atoms. The van der Waals surface area contributed by atoms with E-state index in [1.807, 2.05) is 23.1 Å². The van der Waals surface area contributed by atoms with Crippen LogP contribution in [0.1, 0.15) is 29.0 Å². The van der Waals surface area contributed by atoms with E-state index in [0.29, 0.717) is 30.4 Å². The Morgan fingerprint density at radius 1 is 1.42 bits per heavy atom. The third-order valence-electron chi connectivity index (χ3n) is 4.63. The summed E-state index contributed by atoms with van der Waals surface area (Å²) in [5.41, 5.74) is 0.498. The van der Waals surface area contributed by atoms with Crippen molar-refractivity contribution >= 4 is 5.91 Å². The van der Waals surface area contributed by atoms with Gasteiger partial charge >= 0.3 is 0 Å². The molecule has 2 aliphatic rings. The van der Waals surface area contributed by atoms with E-state index in [4.69, 9.17) is 14.0 Å². The summed E-state index contributed by atoms with van der Waals surface area (Å²) in [6.07, 6.45) is 4.64. The van der Waals surface area contributed by atoms with Crippen LogP contribution >= 0.6 is 0 Å². The number of aryl methyl sites for hydroxylation is 1. The third kappa shape index (κ3) is 2.65. The Morgan fingerprint density at radius 2 is 2.33 bits per heavy atom. The molecule has 0 aromatic carbocycles. The van der Waals surface area contributed by atoms with Gasteiger partial charge in [0.25, 0.3) is 5.91 Å². The van der Waals surface area contributed by atoms with E-state index >= 15 is 0 Å². The molecule has 0 radical (unpaired) electrons. The Hall–Kier alpha value is -2.41. The molecule has 2 aromatic heterocycles. The van der Waals surface area contributed by atoms with Gasteiger partial charge in [-0.2, -0.15) is 0 Å². The summed E-state index contributed by atoms with van der Waals surface area (Å²) in [5, 5.41) is 3.71. The van der Waals surface area contributed by atoms with Gasteiger partial charge in [-0.15, -0.1) is 0 Å². The van der Waals surface area contributed by atoms with Crippen molar-refractivity contribution in [3.8, 4) is 5.88 Å². The van der Waals surface area contributed by atoms with Crippen LogP contribution < -0.4 is 4.74 Å². The van der Waals surface area contributed by atoms with Crippen LogP contribution in [0, 0.1) is 6.92 Å². The number of carbonyl (C=O) groups is 1. The van der Waals surface area contributed by atoms with E-state index < -0.39 is 0 Å². The molecule has 0 N–H and O–H groups in total. The van der Waals surface area contributed by atoms with Crippen LogP contribution in [0.3, 0.4) is 0 Å². The minimum atomic E-state index is -0.227. The van der Waals surface area contributed by atoms with Crippen molar-refractivity contribution in [1.29, 1.82) is 0 Å². The molecule has 2 fully saturated rings. The lowest BCUT2D eigenvalue weighted by Gasteiger charge is -2.31. The van der Waals surface area contributed by atoms with Crippen LogP contribution in [0.5, 0.6) is 5.88 Å². The smallest absolute Gasteiger partial charge is 0.259 e. The fourth-order valence-corrected chi connectivity index (χ4v) is 3.48. The molecule has 0 aliphatic carbocycles. The number of hydrogen-bond acceptors (Lipinski definition) is 6. The van der Waals surface area contributed by atoms with Crippen molar-refractivity contribution < 1.29 is 18.8 Å². The van der Waals surface area contributed by atoms with Gasteiger partial charge in [-0.3, -0.25) is 4.79 Å². The number of fused-ring (bicyclic) bond motifs is 1. The largest absolute Gasteiger partial charge is 0.470 e. The van der Waals surface area contributed by atoms with Crippen molar-refractivity contribution in [3.05, 3.63) is 41.9 Å². The molecular formula is C17H19N3O4. The van der Waals surface area contributed by atoms with Crippen molar-refractivity contribution in [2.75, 3.05) is 13.2 Å². The molecule has 4 rings (SSSR count). The average molecular weight is 329 g/mol. The average Bonchev–Trinajstić information content (AvgIpc) is 3.20. The van der Waals surface area contributed by atoms with Crippen LogP contribution in [-0.2, 0) is 4.74 Å². The van der Waals surface area contributed by atoms with Crippen LogP contribution in [0.25, 0.3) is 0 Å². The van der Waals surface area contributed by atoms with Gasteiger partial charge in [0.1, 0.15) is 23.5 Å². The molecule has 4 heterocycles. The SMILES string of the molecule is Cc1oncc1C(=O)N1C[C@@H](Oc2ccccn2)[C@H]2OCCC[C@H]21. The van der Waals surface area contributed by atoms with Crippen LogP contribution in [0.15, 0.2) is 35.1 Å². The number of nitrogens with zero attached hydrogens (tertiary/aromatic N) is 3. The van der Waals surface area contributed by atoms with E-state index in [0.717, 1.165) is 12.8 Å². The topological polar surface area (TPSA) is 77.7 Å². The molecule has 0 unspecified atom stereocenters. The van der Waals surface area contributed by atoms with Crippen molar-refractivity contribution in [2.45, 2.75) is 38.0 Å². The minimum absolute atomic E-state index is 0.00858. The van der Waals surface area contributed by atoms with E-state index in [-0.39, 0.29) is 24.2 Å². The van der Waals surface area contributed by atoms with Gasteiger partial charge in [0.15, 0.2) is 0 Å². The summed E-state index contributed by atoms with van der Waals surface area (Å²) in [6, 6.07) is 5.53. The standard InChI is InChI=1S/C17H19N3O4/c1-11-12(9-19-24-11)17(21)20-10-14(16-13(20)5-4-8-22-16)23-15-6-2-3-7-18-15/h2-3,6-7,9,13-14,16H,4-5,8,10H2,1H3/t13-,14-,16+/m1/s1. The number of rotatable bonds is 3. The normalized spacial score (nSPS) is 26.2. The van der Waals surface area contributed by atoms with Gasteiger partial charge in [-0.05, 0) is 25.8 Å². The first-order valence-corrected chi connectivity index (χ1v) is 8.15. The fraction of sp³-hybridized carbons (Fsp3) is 0.471. The predicted octanol–water partition coefficient (Wildman–Crippen LogP) is 1.83. The lowest BCUT2D eigenvalue weighted by molar-refractivity contribution is -0.0455. The van der Waals surface area contributed by atoms with Crippen LogP contribution in [-0.4, -0.2) is 52.3 Å². The second-order valence-corrected chi connectivity index (χ2v) is 6.12.